The Balaban J connectivity index is 1.97. The number of rotatable bonds is 5. The summed E-state index contributed by atoms with van der Waals surface area (Å²) in [6.07, 6.45) is 1.32. The number of benzene rings is 1. The third-order valence-electron chi connectivity index (χ3n) is 3.28. The summed E-state index contributed by atoms with van der Waals surface area (Å²) in [5.74, 6) is -0.368. The molecule has 0 fully saturated rings. The molecule has 0 aliphatic heterocycles. The first-order chi connectivity index (χ1) is 12.2. The number of nitrogens with two attached hydrogens (primary N) is 2. The number of pyridine rings is 1. The van der Waals surface area contributed by atoms with E-state index in [1.165, 1.54) is 36.5 Å². The molecule has 0 aliphatic carbocycles. The van der Waals surface area contributed by atoms with Crippen molar-refractivity contribution in [3.8, 4) is 11.4 Å². The Bertz CT molecular complexity index is 1160. The first kappa shape index (κ1) is 17.9. The van der Waals surface area contributed by atoms with Crippen LogP contribution in [0.25, 0.3) is 11.4 Å². The Morgan fingerprint density at radius 2 is 1.77 bits per heavy atom. The van der Waals surface area contributed by atoms with Crippen molar-refractivity contribution >= 4 is 25.9 Å². The van der Waals surface area contributed by atoms with E-state index in [2.05, 4.69) is 20.4 Å². The highest BCUT2D eigenvalue weighted by atomic mass is 32.2. The monoisotopic (exact) mass is 395 g/mol. The van der Waals surface area contributed by atoms with Gasteiger partial charge in [0.15, 0.2) is 0 Å². The second kappa shape index (κ2) is 6.44. The van der Waals surface area contributed by atoms with E-state index in [0.717, 1.165) is 0 Å². The van der Waals surface area contributed by atoms with Crippen molar-refractivity contribution in [3.63, 3.8) is 0 Å². The van der Waals surface area contributed by atoms with Crippen LogP contribution in [-0.4, -0.2) is 41.4 Å². The van der Waals surface area contributed by atoms with Gasteiger partial charge in [0.05, 0.1) is 10.6 Å². The van der Waals surface area contributed by atoms with Gasteiger partial charge in [-0.15, -0.1) is 10.2 Å². The number of aromatic nitrogens is 5. The minimum absolute atomic E-state index is 0.0469. The van der Waals surface area contributed by atoms with Crippen LogP contribution in [0.2, 0.25) is 0 Å². The fourth-order valence-corrected chi connectivity index (χ4v) is 3.91. The second-order valence-corrected chi connectivity index (χ2v) is 8.53. The molecule has 11 nitrogen and oxygen atoms in total. The molecule has 0 atom stereocenters. The van der Waals surface area contributed by atoms with Gasteiger partial charge in [-0.3, -0.25) is 0 Å². The Labute approximate surface area is 148 Å². The predicted octanol–water partition coefficient (Wildman–Crippen LogP) is -0.657. The number of sulfonamides is 1. The minimum atomic E-state index is -4.05. The van der Waals surface area contributed by atoms with Gasteiger partial charge in [0.25, 0.3) is 10.0 Å². The quantitative estimate of drug-likeness (QED) is 0.567. The lowest BCUT2D eigenvalue weighted by Gasteiger charge is -2.03. The molecule has 0 spiro atoms. The zero-order chi connectivity index (χ0) is 18.9. The van der Waals surface area contributed by atoms with Crippen LogP contribution in [0.4, 0.5) is 5.82 Å². The molecule has 4 N–H and O–H groups in total. The summed E-state index contributed by atoms with van der Waals surface area (Å²) in [5.41, 5.74) is 5.88. The average molecular weight is 395 g/mol. The lowest BCUT2D eigenvalue weighted by molar-refractivity contribution is 0.565. The van der Waals surface area contributed by atoms with Gasteiger partial charge >= 0.3 is 0 Å². The van der Waals surface area contributed by atoms with Crippen molar-refractivity contribution in [3.05, 3.63) is 48.2 Å². The number of nitrogens with zero attached hydrogens (tertiary/aromatic N) is 5. The summed E-state index contributed by atoms with van der Waals surface area (Å²) in [6.45, 7) is 0. The topological polar surface area (TPSA) is 177 Å². The molecule has 136 valence electrons. The van der Waals surface area contributed by atoms with Crippen molar-refractivity contribution in [2.75, 3.05) is 5.73 Å². The summed E-state index contributed by atoms with van der Waals surface area (Å²) >= 11 is 0. The van der Waals surface area contributed by atoms with E-state index in [4.69, 9.17) is 10.9 Å². The van der Waals surface area contributed by atoms with Gasteiger partial charge in [0.1, 0.15) is 5.82 Å². The van der Waals surface area contributed by atoms with Crippen LogP contribution < -0.4 is 10.9 Å². The highest BCUT2D eigenvalue weighted by Gasteiger charge is 2.22. The van der Waals surface area contributed by atoms with Gasteiger partial charge in [-0.05, 0) is 33.2 Å². The van der Waals surface area contributed by atoms with Crippen LogP contribution in [0.15, 0.2) is 47.5 Å². The zero-order valence-electron chi connectivity index (χ0n) is 13.1. The van der Waals surface area contributed by atoms with Crippen molar-refractivity contribution in [1.82, 2.24) is 24.6 Å². The highest BCUT2D eigenvalue weighted by molar-refractivity contribution is 7.89. The van der Waals surface area contributed by atoms with Crippen LogP contribution in [0.5, 0.6) is 0 Å². The van der Waals surface area contributed by atoms with Crippen LogP contribution >= 0.6 is 0 Å². The smallest absolute Gasteiger partial charge is 0.275 e. The van der Waals surface area contributed by atoms with Gasteiger partial charge in [0, 0.05) is 11.8 Å². The molecule has 2 aromatic heterocycles. The largest absolute Gasteiger partial charge is 0.384 e. The number of nitrogen functional groups attached to an aromatic ring is 1. The molecule has 3 aromatic rings. The number of tetrazole rings is 1. The predicted molar refractivity (Wildman–Crippen MR) is 91.3 cm³/mol. The molecule has 0 saturated heterocycles. The molecule has 26 heavy (non-hydrogen) atoms. The van der Waals surface area contributed by atoms with Crippen LogP contribution in [-0.2, 0) is 25.8 Å². The van der Waals surface area contributed by atoms with E-state index in [1.807, 2.05) is 0 Å². The summed E-state index contributed by atoms with van der Waals surface area (Å²) in [5, 5.41) is 16.1. The second-order valence-electron chi connectivity index (χ2n) is 5.22. The Hall–Kier alpha value is -2.90. The lowest BCUT2D eigenvalue weighted by Crippen LogP contribution is -2.18. The van der Waals surface area contributed by atoms with Gasteiger partial charge in [-0.25, -0.2) is 27.0 Å². The molecule has 3 rings (SSSR count). The number of hydrogen-bond donors (Lipinski definition) is 2. The molecule has 0 aliphatic rings. The third kappa shape index (κ3) is 3.68. The summed E-state index contributed by atoms with van der Waals surface area (Å²) in [7, 11) is -8.04. The first-order valence-electron chi connectivity index (χ1n) is 7.03. The maximum absolute atomic E-state index is 12.4. The molecule has 0 unspecified atom stereocenters. The maximum atomic E-state index is 12.4. The SMILES string of the molecule is Nc1ccc(CS(=O)(=O)n2nnc(-c3ccccc3S(N)(=O)=O)n2)cn1. The summed E-state index contributed by atoms with van der Waals surface area (Å²) < 4.78 is 48.6. The van der Waals surface area contributed by atoms with Crippen LogP contribution in [0, 0.1) is 0 Å². The number of hydrogen-bond acceptors (Lipinski definition) is 9. The third-order valence-corrected chi connectivity index (χ3v) is 5.60. The highest BCUT2D eigenvalue weighted by Crippen LogP contribution is 2.23. The van der Waals surface area contributed by atoms with Crippen LogP contribution in [0.3, 0.4) is 0 Å². The van der Waals surface area contributed by atoms with Gasteiger partial charge in [-0.2, -0.15) is 0 Å². The summed E-state index contributed by atoms with van der Waals surface area (Å²) in [6, 6.07) is 8.65. The van der Waals surface area contributed by atoms with Crippen molar-refractivity contribution in [2.24, 2.45) is 5.14 Å². The molecular weight excluding hydrogens is 382 g/mol. The van der Waals surface area contributed by atoms with E-state index < -0.39 is 25.8 Å². The Morgan fingerprint density at radius 3 is 2.42 bits per heavy atom. The van der Waals surface area contributed by atoms with E-state index in [-0.39, 0.29) is 22.1 Å². The maximum Gasteiger partial charge on any atom is 0.275 e. The number of anilines is 1. The Kier molecular flexibility index (Phi) is 4.43. The minimum Gasteiger partial charge on any atom is -0.384 e. The zero-order valence-corrected chi connectivity index (χ0v) is 14.7. The molecule has 2 heterocycles. The molecular formula is C13H13N7O4S2. The molecule has 13 heteroatoms. The van der Waals surface area contributed by atoms with E-state index >= 15 is 0 Å². The van der Waals surface area contributed by atoms with Crippen molar-refractivity contribution < 1.29 is 16.8 Å². The van der Waals surface area contributed by atoms with Crippen molar-refractivity contribution in [2.45, 2.75) is 10.6 Å². The molecule has 0 bridgehead atoms. The van der Waals surface area contributed by atoms with Crippen molar-refractivity contribution in [1.29, 1.82) is 0 Å². The lowest BCUT2D eigenvalue weighted by atomic mass is 10.2. The normalized spacial score (nSPS) is 12.2. The van der Waals surface area contributed by atoms with Gasteiger partial charge < -0.3 is 5.73 Å². The standard InChI is InChI=1S/C13H13N7O4S2/c14-12-6-5-9(7-16-12)8-25(21,22)20-18-13(17-19-20)10-3-1-2-4-11(10)26(15,23)24/h1-7H,8H2,(H2,14,16)(H2,15,23,24). The first-order valence-corrected chi connectivity index (χ1v) is 10.2. The average Bonchev–Trinajstić information content (AvgIpc) is 3.07. The Morgan fingerprint density at radius 1 is 1.04 bits per heavy atom. The fraction of sp³-hybridized carbons (Fsp3) is 0.0769. The van der Waals surface area contributed by atoms with Crippen LogP contribution in [0.1, 0.15) is 5.56 Å². The number of primary sulfonamides is 1. The molecule has 0 saturated carbocycles. The van der Waals surface area contributed by atoms with Gasteiger partial charge in [0.2, 0.25) is 15.8 Å². The fourth-order valence-electron chi connectivity index (χ4n) is 2.12. The molecule has 1 aromatic carbocycles. The molecule has 0 amide bonds. The van der Waals surface area contributed by atoms with E-state index in [1.54, 1.807) is 6.07 Å². The van der Waals surface area contributed by atoms with E-state index in [9.17, 15) is 16.8 Å². The summed E-state index contributed by atoms with van der Waals surface area (Å²) in [4.78, 5) is 3.58. The van der Waals surface area contributed by atoms with Gasteiger partial charge in [-0.1, -0.05) is 18.2 Å². The van der Waals surface area contributed by atoms with E-state index in [0.29, 0.717) is 9.77 Å². The molecule has 0 radical (unpaired) electrons.